The molecule has 24 heavy (non-hydrogen) atoms. The molecule has 8 heteroatoms. The fraction of sp³-hybridized carbons (Fsp3) is 0.625. The molecule has 3 rings (SSSR count). The predicted octanol–water partition coefficient (Wildman–Crippen LogP) is 2.54. The molecule has 0 spiro atoms. The number of hydrogen-bond acceptors (Lipinski definition) is 4. The van der Waals surface area contributed by atoms with Crippen LogP contribution in [0.3, 0.4) is 0 Å². The summed E-state index contributed by atoms with van der Waals surface area (Å²) in [7, 11) is 0. The maximum atomic E-state index is 12.2. The summed E-state index contributed by atoms with van der Waals surface area (Å²) in [4.78, 5) is 20.6. The van der Waals surface area contributed by atoms with E-state index in [0.29, 0.717) is 29.0 Å². The summed E-state index contributed by atoms with van der Waals surface area (Å²) in [6, 6.07) is 1.64. The predicted molar refractivity (Wildman–Crippen MR) is 96.9 cm³/mol. The van der Waals surface area contributed by atoms with Crippen molar-refractivity contribution in [1.29, 1.82) is 0 Å². The molecule has 6 nitrogen and oxygen atoms in total. The van der Waals surface area contributed by atoms with Gasteiger partial charge in [-0.3, -0.25) is 4.90 Å². The van der Waals surface area contributed by atoms with E-state index in [4.69, 9.17) is 23.2 Å². The van der Waals surface area contributed by atoms with Gasteiger partial charge in [0.2, 0.25) is 0 Å². The second kappa shape index (κ2) is 8.23. The number of aromatic nitrogens is 1. The Bertz CT molecular complexity index is 574. The van der Waals surface area contributed by atoms with E-state index in [-0.39, 0.29) is 6.03 Å². The van der Waals surface area contributed by atoms with Gasteiger partial charge >= 0.3 is 6.03 Å². The van der Waals surface area contributed by atoms with Crippen LogP contribution >= 0.6 is 23.2 Å². The molecule has 1 aromatic heterocycles. The van der Waals surface area contributed by atoms with Crippen LogP contribution in [0, 0.1) is 5.92 Å². The molecule has 2 amide bonds. The van der Waals surface area contributed by atoms with Crippen LogP contribution in [0.4, 0.5) is 10.6 Å². The summed E-state index contributed by atoms with van der Waals surface area (Å²) in [5.41, 5.74) is 0. The Labute approximate surface area is 152 Å². The molecule has 2 fully saturated rings. The van der Waals surface area contributed by atoms with Crippen molar-refractivity contribution >= 4 is 35.1 Å². The maximum Gasteiger partial charge on any atom is 0.317 e. The first-order valence-corrected chi connectivity index (χ1v) is 9.17. The van der Waals surface area contributed by atoms with Crippen LogP contribution in [0.5, 0.6) is 0 Å². The van der Waals surface area contributed by atoms with E-state index >= 15 is 0 Å². The molecule has 1 aliphatic heterocycles. The van der Waals surface area contributed by atoms with Gasteiger partial charge in [-0.1, -0.05) is 23.2 Å². The van der Waals surface area contributed by atoms with Crippen molar-refractivity contribution < 1.29 is 4.79 Å². The Morgan fingerprint density at radius 2 is 1.96 bits per heavy atom. The minimum atomic E-state index is -0.00182. The van der Waals surface area contributed by atoms with Crippen LogP contribution in [0.2, 0.25) is 10.0 Å². The van der Waals surface area contributed by atoms with Gasteiger partial charge in [-0.2, -0.15) is 0 Å². The number of amides is 2. The minimum absolute atomic E-state index is 0.00182. The number of urea groups is 1. The number of rotatable bonds is 6. The minimum Gasteiger partial charge on any atom is -0.367 e. The molecule has 0 radical (unpaired) electrons. The fourth-order valence-electron chi connectivity index (χ4n) is 2.81. The molecule has 0 unspecified atom stereocenters. The summed E-state index contributed by atoms with van der Waals surface area (Å²) >= 11 is 11.8. The van der Waals surface area contributed by atoms with Gasteiger partial charge in [-0.05, 0) is 24.8 Å². The number of hydrogen-bond donors (Lipinski definition) is 2. The quantitative estimate of drug-likeness (QED) is 0.754. The smallest absolute Gasteiger partial charge is 0.317 e. The number of carbonyl (C=O) groups excluding carboxylic acids is 1. The van der Waals surface area contributed by atoms with E-state index in [1.807, 2.05) is 4.90 Å². The molecule has 2 N–H and O–H groups in total. The van der Waals surface area contributed by atoms with Gasteiger partial charge < -0.3 is 15.5 Å². The zero-order valence-corrected chi connectivity index (χ0v) is 15.1. The number of anilines is 1. The van der Waals surface area contributed by atoms with Crippen LogP contribution in [-0.4, -0.2) is 66.6 Å². The Morgan fingerprint density at radius 3 is 2.62 bits per heavy atom. The first kappa shape index (κ1) is 17.6. The molecular weight excluding hydrogens is 349 g/mol. The monoisotopic (exact) mass is 371 g/mol. The Hall–Kier alpha value is -1.24. The van der Waals surface area contributed by atoms with Crippen molar-refractivity contribution in [3.05, 3.63) is 22.3 Å². The Morgan fingerprint density at radius 1 is 1.21 bits per heavy atom. The van der Waals surface area contributed by atoms with Crippen LogP contribution in [-0.2, 0) is 0 Å². The molecule has 1 aromatic rings. The van der Waals surface area contributed by atoms with Crippen LogP contribution in [0.1, 0.15) is 12.8 Å². The summed E-state index contributed by atoms with van der Waals surface area (Å²) in [5.74, 6) is 1.48. The van der Waals surface area contributed by atoms with E-state index in [1.54, 1.807) is 6.07 Å². The first-order chi connectivity index (χ1) is 11.6. The molecule has 2 heterocycles. The average Bonchev–Trinajstić information content (AvgIpc) is 3.37. The van der Waals surface area contributed by atoms with E-state index in [9.17, 15) is 4.79 Å². The maximum absolute atomic E-state index is 12.2. The molecule has 1 saturated carbocycles. The second-order valence-corrected chi connectivity index (χ2v) is 7.22. The number of pyridine rings is 1. The third-order valence-corrected chi connectivity index (χ3v) is 4.87. The van der Waals surface area contributed by atoms with Gasteiger partial charge in [0.1, 0.15) is 5.82 Å². The van der Waals surface area contributed by atoms with Crippen molar-refractivity contribution in [3.63, 3.8) is 0 Å². The molecular formula is C16H23Cl2N5O. The zero-order valence-electron chi connectivity index (χ0n) is 13.6. The van der Waals surface area contributed by atoms with E-state index in [0.717, 1.165) is 32.1 Å². The number of carbonyl (C=O) groups is 1. The second-order valence-electron chi connectivity index (χ2n) is 6.37. The fourth-order valence-corrected chi connectivity index (χ4v) is 3.25. The highest BCUT2D eigenvalue weighted by Crippen LogP contribution is 2.29. The highest BCUT2D eigenvalue weighted by molar-refractivity contribution is 6.35. The summed E-state index contributed by atoms with van der Waals surface area (Å²) < 4.78 is 0. The summed E-state index contributed by atoms with van der Waals surface area (Å²) in [6.45, 7) is 5.84. The summed E-state index contributed by atoms with van der Waals surface area (Å²) in [6.07, 6.45) is 4.29. The van der Waals surface area contributed by atoms with Crippen LogP contribution < -0.4 is 10.6 Å². The van der Waals surface area contributed by atoms with Gasteiger partial charge in [0, 0.05) is 52.0 Å². The van der Waals surface area contributed by atoms with Gasteiger partial charge in [-0.15, -0.1) is 0 Å². The van der Waals surface area contributed by atoms with Gasteiger partial charge in [0.15, 0.2) is 0 Å². The third kappa shape index (κ3) is 5.13. The van der Waals surface area contributed by atoms with Crippen molar-refractivity contribution in [2.24, 2.45) is 5.92 Å². The third-order valence-electron chi connectivity index (χ3n) is 4.37. The molecule has 132 valence electrons. The van der Waals surface area contributed by atoms with E-state index in [2.05, 4.69) is 20.5 Å². The lowest BCUT2D eigenvalue weighted by molar-refractivity contribution is 0.136. The zero-order chi connectivity index (χ0) is 16.9. The topological polar surface area (TPSA) is 60.5 Å². The standard InChI is InChI=1S/C16H23Cl2N5O/c17-13-9-14(18)15(21-10-13)19-3-4-20-16(24)23-7-5-22(6-8-23)11-12-1-2-12/h9-10,12H,1-8,11H2,(H,19,21)(H,20,24). The normalized spacial score (nSPS) is 18.5. The number of nitrogens with one attached hydrogen (secondary N) is 2. The van der Waals surface area contributed by atoms with Crippen molar-refractivity contribution in [2.45, 2.75) is 12.8 Å². The van der Waals surface area contributed by atoms with Crippen LogP contribution in [0.15, 0.2) is 12.3 Å². The molecule has 0 atom stereocenters. The van der Waals surface area contributed by atoms with Crippen LogP contribution in [0.25, 0.3) is 0 Å². The largest absolute Gasteiger partial charge is 0.367 e. The molecule has 1 aliphatic carbocycles. The van der Waals surface area contributed by atoms with Crippen molar-refractivity contribution in [1.82, 2.24) is 20.1 Å². The number of nitrogens with zero attached hydrogens (tertiary/aromatic N) is 3. The molecule has 0 aromatic carbocycles. The van der Waals surface area contributed by atoms with Gasteiger partial charge in [0.25, 0.3) is 0 Å². The Balaban J connectivity index is 1.32. The van der Waals surface area contributed by atoms with Gasteiger partial charge in [0.05, 0.1) is 10.0 Å². The average molecular weight is 372 g/mol. The van der Waals surface area contributed by atoms with Gasteiger partial charge in [-0.25, -0.2) is 9.78 Å². The van der Waals surface area contributed by atoms with Crippen molar-refractivity contribution in [2.75, 3.05) is 51.1 Å². The molecule has 2 aliphatic rings. The number of piperazine rings is 1. The Kier molecular flexibility index (Phi) is 6.03. The SMILES string of the molecule is O=C(NCCNc1ncc(Cl)cc1Cl)N1CCN(CC2CC2)CC1. The van der Waals surface area contributed by atoms with E-state index in [1.165, 1.54) is 25.6 Å². The lowest BCUT2D eigenvalue weighted by atomic mass is 10.3. The first-order valence-electron chi connectivity index (χ1n) is 8.42. The highest BCUT2D eigenvalue weighted by atomic mass is 35.5. The molecule has 1 saturated heterocycles. The van der Waals surface area contributed by atoms with Crippen molar-refractivity contribution in [3.8, 4) is 0 Å². The lowest BCUT2D eigenvalue weighted by Crippen LogP contribution is -2.52. The summed E-state index contributed by atoms with van der Waals surface area (Å²) in [5, 5.41) is 6.99. The van der Waals surface area contributed by atoms with E-state index < -0.39 is 0 Å². The lowest BCUT2D eigenvalue weighted by Gasteiger charge is -2.34. The number of halogens is 2. The molecule has 0 bridgehead atoms. The highest BCUT2D eigenvalue weighted by Gasteiger charge is 2.27.